The number of carbonyl (C=O) groups excluding carboxylic acids is 1. The van der Waals surface area contributed by atoms with Crippen LogP contribution in [0.4, 0.5) is 23.7 Å². The number of urea groups is 1. The van der Waals surface area contributed by atoms with Crippen molar-refractivity contribution in [2.45, 2.75) is 32.0 Å². The Hall–Kier alpha value is -1.96. The second kappa shape index (κ2) is 7.08. The van der Waals surface area contributed by atoms with Crippen molar-refractivity contribution in [1.29, 1.82) is 0 Å². The van der Waals surface area contributed by atoms with Crippen LogP contribution in [-0.2, 0) is 0 Å². The number of halogens is 3. The quantitative estimate of drug-likeness (QED) is 0.891. The van der Waals surface area contributed by atoms with Crippen molar-refractivity contribution in [3.8, 4) is 5.75 Å². The van der Waals surface area contributed by atoms with Crippen LogP contribution >= 0.6 is 0 Å². The van der Waals surface area contributed by atoms with E-state index in [0.717, 1.165) is 12.0 Å². The fourth-order valence-electron chi connectivity index (χ4n) is 2.49. The van der Waals surface area contributed by atoms with Gasteiger partial charge in [-0.05, 0) is 37.5 Å². The number of alkyl halides is 3. The average Bonchev–Trinajstić information content (AvgIpc) is 2.95. The lowest BCUT2D eigenvalue weighted by atomic mass is 10.2. The highest BCUT2D eigenvalue weighted by Crippen LogP contribution is 2.29. The van der Waals surface area contributed by atoms with Crippen molar-refractivity contribution >= 4 is 11.7 Å². The molecule has 8 heteroatoms. The molecule has 1 aromatic carbocycles. The first-order valence-corrected chi connectivity index (χ1v) is 7.29. The van der Waals surface area contributed by atoms with Gasteiger partial charge in [-0.2, -0.15) is 13.2 Å². The van der Waals surface area contributed by atoms with Gasteiger partial charge in [0.15, 0.2) is 6.61 Å². The van der Waals surface area contributed by atoms with Gasteiger partial charge in [0.05, 0.1) is 18.3 Å². The lowest BCUT2D eigenvalue weighted by Gasteiger charge is -2.24. The first-order valence-electron chi connectivity index (χ1n) is 7.29. The molecule has 128 valence electrons. The molecule has 0 radical (unpaired) electrons. The summed E-state index contributed by atoms with van der Waals surface area (Å²) in [4.78, 5) is 13.7. The summed E-state index contributed by atoms with van der Waals surface area (Å²) in [5, 5.41) is 11.8. The summed E-state index contributed by atoms with van der Waals surface area (Å²) in [6.07, 6.45) is -2.97. The Morgan fingerprint density at radius 3 is 2.87 bits per heavy atom. The van der Waals surface area contributed by atoms with E-state index in [0.29, 0.717) is 13.0 Å². The normalized spacial score (nSPS) is 18.1. The molecule has 1 aliphatic rings. The van der Waals surface area contributed by atoms with Crippen molar-refractivity contribution in [2.75, 3.05) is 25.1 Å². The van der Waals surface area contributed by atoms with Crippen molar-refractivity contribution < 1.29 is 27.8 Å². The molecule has 2 rings (SSSR count). The molecule has 1 aliphatic heterocycles. The molecule has 0 bridgehead atoms. The highest BCUT2D eigenvalue weighted by molar-refractivity contribution is 5.91. The lowest BCUT2D eigenvalue weighted by molar-refractivity contribution is -0.153. The Bertz CT molecular complexity index is 563. The number of aliphatic hydroxyl groups excluding tert-OH is 1. The second-order valence-electron chi connectivity index (χ2n) is 5.51. The van der Waals surface area contributed by atoms with Crippen LogP contribution in [0.2, 0.25) is 0 Å². The predicted octanol–water partition coefficient (Wildman–Crippen LogP) is 2.92. The van der Waals surface area contributed by atoms with E-state index in [1.165, 1.54) is 17.0 Å². The summed E-state index contributed by atoms with van der Waals surface area (Å²) in [5.41, 5.74) is 0.892. The molecule has 0 unspecified atom stereocenters. The van der Waals surface area contributed by atoms with Gasteiger partial charge in [0, 0.05) is 6.54 Å². The van der Waals surface area contributed by atoms with Gasteiger partial charge < -0.3 is 20.1 Å². The van der Waals surface area contributed by atoms with Gasteiger partial charge in [0.25, 0.3) is 0 Å². The molecule has 2 amide bonds. The maximum Gasteiger partial charge on any atom is 0.422 e. The topological polar surface area (TPSA) is 61.8 Å². The number of likely N-dealkylation sites (tertiary alicyclic amines) is 1. The van der Waals surface area contributed by atoms with Crippen LogP contribution in [0.1, 0.15) is 18.4 Å². The minimum atomic E-state index is -4.46. The minimum absolute atomic E-state index is 0.0320. The number of hydrogen-bond acceptors (Lipinski definition) is 3. The monoisotopic (exact) mass is 332 g/mol. The van der Waals surface area contributed by atoms with Crippen LogP contribution in [0.15, 0.2) is 18.2 Å². The summed E-state index contributed by atoms with van der Waals surface area (Å²) in [7, 11) is 0. The second-order valence-corrected chi connectivity index (χ2v) is 5.51. The van der Waals surface area contributed by atoms with E-state index < -0.39 is 18.8 Å². The predicted molar refractivity (Wildman–Crippen MR) is 78.6 cm³/mol. The van der Waals surface area contributed by atoms with Gasteiger partial charge in [-0.3, -0.25) is 0 Å². The van der Waals surface area contributed by atoms with E-state index in [1.807, 2.05) is 0 Å². The summed E-state index contributed by atoms with van der Waals surface area (Å²) in [6.45, 7) is 0.650. The number of benzene rings is 1. The fraction of sp³-hybridized carbons (Fsp3) is 0.533. The van der Waals surface area contributed by atoms with Gasteiger partial charge in [-0.25, -0.2) is 4.79 Å². The van der Waals surface area contributed by atoms with Gasteiger partial charge in [-0.15, -0.1) is 0 Å². The maximum atomic E-state index is 12.3. The number of nitrogens with zero attached hydrogens (tertiary/aromatic N) is 1. The molecule has 0 aliphatic carbocycles. The zero-order valence-electron chi connectivity index (χ0n) is 12.7. The van der Waals surface area contributed by atoms with Crippen molar-refractivity contribution in [3.63, 3.8) is 0 Å². The van der Waals surface area contributed by atoms with Crippen molar-refractivity contribution in [3.05, 3.63) is 23.8 Å². The van der Waals surface area contributed by atoms with Crippen molar-refractivity contribution in [2.24, 2.45) is 0 Å². The molecule has 1 atom stereocenters. The molecule has 1 aromatic rings. The smallest absolute Gasteiger partial charge is 0.422 e. The van der Waals surface area contributed by atoms with E-state index in [2.05, 4.69) is 5.32 Å². The molecule has 23 heavy (non-hydrogen) atoms. The Kier molecular flexibility index (Phi) is 5.35. The Morgan fingerprint density at radius 1 is 1.48 bits per heavy atom. The molecule has 0 saturated carbocycles. The first kappa shape index (κ1) is 17.4. The summed E-state index contributed by atoms with van der Waals surface area (Å²) in [6, 6.07) is 3.89. The number of nitrogens with one attached hydrogen (secondary N) is 1. The van der Waals surface area contributed by atoms with E-state index in [4.69, 9.17) is 4.74 Å². The minimum Gasteiger partial charge on any atom is -0.482 e. The van der Waals surface area contributed by atoms with Gasteiger partial charge in [-0.1, -0.05) is 6.07 Å². The highest BCUT2D eigenvalue weighted by Gasteiger charge is 2.30. The Balaban J connectivity index is 2.11. The molecule has 0 aromatic heterocycles. The Morgan fingerprint density at radius 2 is 2.22 bits per heavy atom. The van der Waals surface area contributed by atoms with Crippen LogP contribution in [0.3, 0.4) is 0 Å². The zero-order valence-corrected chi connectivity index (χ0v) is 12.7. The molecule has 1 heterocycles. The molecule has 0 spiro atoms. The van der Waals surface area contributed by atoms with E-state index in [9.17, 15) is 23.1 Å². The lowest BCUT2D eigenvalue weighted by Crippen LogP contribution is -2.40. The number of anilines is 1. The highest BCUT2D eigenvalue weighted by atomic mass is 19.4. The molecule has 1 fully saturated rings. The molecule has 1 saturated heterocycles. The van der Waals surface area contributed by atoms with Crippen LogP contribution in [0.5, 0.6) is 5.75 Å². The van der Waals surface area contributed by atoms with Crippen LogP contribution < -0.4 is 10.1 Å². The number of aryl methyl sites for hydroxylation is 1. The molecule has 5 nitrogen and oxygen atoms in total. The van der Waals surface area contributed by atoms with Crippen LogP contribution in [-0.4, -0.2) is 48.0 Å². The summed E-state index contributed by atoms with van der Waals surface area (Å²) >= 11 is 0. The number of carbonyl (C=O) groups is 1. The summed E-state index contributed by atoms with van der Waals surface area (Å²) in [5.74, 6) is -0.0320. The third-order valence-electron chi connectivity index (χ3n) is 3.62. The SMILES string of the molecule is Cc1ccc(NC(=O)N2CCC[C@H]2CO)c(OCC(F)(F)F)c1. The third kappa shape index (κ3) is 4.75. The zero-order chi connectivity index (χ0) is 17.0. The molecular weight excluding hydrogens is 313 g/mol. The number of ether oxygens (including phenoxy) is 1. The maximum absolute atomic E-state index is 12.3. The third-order valence-corrected chi connectivity index (χ3v) is 3.62. The number of rotatable bonds is 4. The van der Waals surface area contributed by atoms with Crippen LogP contribution in [0, 0.1) is 6.92 Å². The summed E-state index contributed by atoms with van der Waals surface area (Å²) < 4.78 is 41.8. The van der Waals surface area contributed by atoms with E-state index >= 15 is 0 Å². The van der Waals surface area contributed by atoms with E-state index in [-0.39, 0.29) is 24.1 Å². The molecule has 2 N–H and O–H groups in total. The number of aliphatic hydroxyl groups is 1. The Labute approximate surface area is 132 Å². The number of amides is 2. The van der Waals surface area contributed by atoms with Gasteiger partial charge in [0.2, 0.25) is 0 Å². The fourth-order valence-corrected chi connectivity index (χ4v) is 2.49. The van der Waals surface area contributed by atoms with Crippen LogP contribution in [0.25, 0.3) is 0 Å². The first-order chi connectivity index (χ1) is 10.8. The average molecular weight is 332 g/mol. The standard InChI is InChI=1S/C15H19F3N2O3/c1-10-4-5-12(13(7-10)23-9-15(16,17)18)19-14(22)20-6-2-3-11(20)8-21/h4-5,7,11,21H,2-3,6,8-9H2,1H3,(H,19,22)/t11-/m0/s1. The largest absolute Gasteiger partial charge is 0.482 e. The van der Waals surface area contributed by atoms with E-state index in [1.54, 1.807) is 13.0 Å². The van der Waals surface area contributed by atoms with Gasteiger partial charge in [0.1, 0.15) is 5.75 Å². The van der Waals surface area contributed by atoms with Gasteiger partial charge >= 0.3 is 12.2 Å². The number of hydrogen-bond donors (Lipinski definition) is 2. The van der Waals surface area contributed by atoms with Crippen molar-refractivity contribution in [1.82, 2.24) is 4.90 Å². The molecular formula is C15H19F3N2O3.